The minimum atomic E-state index is -3.68. The van der Waals surface area contributed by atoms with Gasteiger partial charge in [-0.2, -0.15) is 0 Å². The summed E-state index contributed by atoms with van der Waals surface area (Å²) >= 11 is 0. The summed E-state index contributed by atoms with van der Waals surface area (Å²) < 4.78 is 36.6. The molecule has 0 saturated carbocycles. The summed E-state index contributed by atoms with van der Waals surface area (Å²) in [5.41, 5.74) is 9.58. The number of fused-ring (bicyclic) bond motifs is 2. The van der Waals surface area contributed by atoms with Crippen LogP contribution in [0.2, 0.25) is 0 Å². The van der Waals surface area contributed by atoms with Gasteiger partial charge in [0, 0.05) is 23.7 Å². The fourth-order valence-corrected chi connectivity index (χ4v) is 6.87. The van der Waals surface area contributed by atoms with E-state index in [0.717, 1.165) is 47.5 Å². The molecule has 6 rings (SSSR count). The third-order valence-electron chi connectivity index (χ3n) is 7.80. The number of carbonyl (C=O) groups excluding carboxylic acids is 1. The first-order chi connectivity index (χ1) is 20.9. The lowest BCUT2D eigenvalue weighted by molar-refractivity contribution is 0.0440. The van der Waals surface area contributed by atoms with Crippen LogP contribution in [0.4, 0.5) is 5.69 Å². The third-order valence-corrected chi connectivity index (χ3v) is 9.06. The first-order valence-electron chi connectivity index (χ1n) is 14.5. The van der Waals surface area contributed by atoms with E-state index < -0.39 is 16.0 Å². The van der Waals surface area contributed by atoms with Crippen LogP contribution in [0, 0.1) is 0 Å². The van der Waals surface area contributed by atoms with Gasteiger partial charge in [-0.25, -0.2) is 18.2 Å². The van der Waals surface area contributed by atoms with Crippen molar-refractivity contribution < 1.29 is 17.9 Å². The monoisotopic (exact) mass is 597 g/mol. The van der Waals surface area contributed by atoms with E-state index in [0.29, 0.717) is 34.9 Å². The van der Waals surface area contributed by atoms with Gasteiger partial charge in [-0.15, -0.1) is 0 Å². The number of pyridine rings is 1. The number of nitrogens with one attached hydrogen (secondary N) is 2. The zero-order valence-corrected chi connectivity index (χ0v) is 24.6. The summed E-state index contributed by atoms with van der Waals surface area (Å²) in [5, 5.41) is 6.02. The molecule has 9 nitrogen and oxygen atoms in total. The van der Waals surface area contributed by atoms with E-state index in [-0.39, 0.29) is 24.9 Å². The van der Waals surface area contributed by atoms with E-state index in [1.54, 1.807) is 18.2 Å². The first-order valence-corrected chi connectivity index (χ1v) is 16.2. The number of esters is 1. The van der Waals surface area contributed by atoms with E-state index in [1.807, 2.05) is 71.3 Å². The second kappa shape index (κ2) is 12.5. The Kier molecular flexibility index (Phi) is 8.42. The van der Waals surface area contributed by atoms with Crippen LogP contribution in [-0.2, 0) is 33.6 Å². The number of carbonyl (C=O) groups is 1. The Balaban J connectivity index is 1.36. The molecule has 0 bridgehead atoms. The molecule has 5 aromatic rings. The van der Waals surface area contributed by atoms with Crippen molar-refractivity contribution in [2.45, 2.75) is 44.1 Å². The number of sulfonamides is 1. The van der Waals surface area contributed by atoms with Crippen LogP contribution in [0.15, 0.2) is 84.9 Å². The number of nitrogens with zero attached hydrogens (tertiary/aromatic N) is 2. The van der Waals surface area contributed by atoms with Gasteiger partial charge in [-0.1, -0.05) is 61.0 Å². The van der Waals surface area contributed by atoms with Gasteiger partial charge in [0.1, 0.15) is 17.9 Å². The maximum atomic E-state index is 13.5. The second-order valence-corrected chi connectivity index (χ2v) is 12.7. The maximum Gasteiger partial charge on any atom is 0.355 e. The van der Waals surface area contributed by atoms with Crippen molar-refractivity contribution in [2.24, 2.45) is 5.73 Å². The smallest absolute Gasteiger partial charge is 0.355 e. The quantitative estimate of drug-likeness (QED) is 0.195. The van der Waals surface area contributed by atoms with Gasteiger partial charge in [0.05, 0.1) is 18.0 Å². The molecule has 43 heavy (non-hydrogen) atoms. The second-order valence-electron chi connectivity index (χ2n) is 11.0. The predicted octanol–water partition coefficient (Wildman–Crippen LogP) is 4.94. The maximum absolute atomic E-state index is 13.5. The van der Waals surface area contributed by atoms with Crippen LogP contribution in [0.3, 0.4) is 0 Å². The highest BCUT2D eigenvalue weighted by Crippen LogP contribution is 2.29. The van der Waals surface area contributed by atoms with Gasteiger partial charge in [0.2, 0.25) is 10.0 Å². The standard InChI is InChI=1S/C33H35N5O4S/c34-19-27-14-13-25-18-31(33(39)42-21-28-11-6-7-15-35-28)38(32(25)36-27)20-26-17-29(16-24-10-4-5-12-30(24)26)37-43(40,41)22-23-8-2-1-3-9-23/h1-5,8-10,12-14,16-18,28,35,37H,6-7,11,15,19-22,34H2. The van der Waals surface area contributed by atoms with E-state index >= 15 is 0 Å². The van der Waals surface area contributed by atoms with Gasteiger partial charge in [-0.3, -0.25) is 4.72 Å². The molecule has 1 atom stereocenters. The molecule has 0 spiro atoms. The average Bonchev–Trinajstić information content (AvgIpc) is 3.37. The van der Waals surface area contributed by atoms with Crippen molar-refractivity contribution in [2.75, 3.05) is 17.9 Å². The Morgan fingerprint density at radius 3 is 2.60 bits per heavy atom. The fourth-order valence-electron chi connectivity index (χ4n) is 5.69. The number of hydrogen-bond acceptors (Lipinski definition) is 7. The lowest BCUT2D eigenvalue weighted by Gasteiger charge is -2.23. The number of aromatic nitrogens is 2. The molecule has 3 heterocycles. The Hall–Kier alpha value is -4.25. The van der Waals surface area contributed by atoms with Crippen molar-refractivity contribution in [3.8, 4) is 0 Å². The average molecular weight is 598 g/mol. The molecular weight excluding hydrogens is 562 g/mol. The van der Waals surface area contributed by atoms with E-state index in [1.165, 1.54) is 0 Å². The number of ether oxygens (including phenoxy) is 1. The van der Waals surface area contributed by atoms with Crippen LogP contribution >= 0.6 is 0 Å². The molecule has 0 amide bonds. The van der Waals surface area contributed by atoms with Crippen molar-refractivity contribution in [3.05, 3.63) is 107 Å². The molecular formula is C33H35N5O4S. The van der Waals surface area contributed by atoms with Crippen molar-refractivity contribution >= 4 is 43.5 Å². The first kappa shape index (κ1) is 28.9. The van der Waals surface area contributed by atoms with E-state index in [9.17, 15) is 13.2 Å². The van der Waals surface area contributed by atoms with E-state index in [4.69, 9.17) is 15.5 Å². The fraction of sp³-hybridized carbons (Fsp3) is 0.273. The molecule has 0 aliphatic carbocycles. The minimum absolute atomic E-state index is 0.141. The zero-order chi connectivity index (χ0) is 29.8. The summed E-state index contributed by atoms with van der Waals surface area (Å²) in [6.45, 7) is 1.75. The van der Waals surface area contributed by atoms with Crippen LogP contribution in [-0.4, -0.2) is 43.1 Å². The van der Waals surface area contributed by atoms with Gasteiger partial charge >= 0.3 is 5.97 Å². The number of nitrogens with two attached hydrogens (primary N) is 1. The molecule has 1 aliphatic rings. The lowest BCUT2D eigenvalue weighted by Crippen LogP contribution is -2.38. The van der Waals surface area contributed by atoms with Crippen LogP contribution in [0.1, 0.15) is 46.6 Å². The molecule has 222 valence electrons. The summed E-state index contributed by atoms with van der Waals surface area (Å²) in [5.74, 6) is -0.570. The number of rotatable bonds is 10. The summed E-state index contributed by atoms with van der Waals surface area (Å²) in [6.07, 6.45) is 3.21. The molecule has 3 aromatic carbocycles. The Morgan fingerprint density at radius 1 is 1.00 bits per heavy atom. The third kappa shape index (κ3) is 6.72. The van der Waals surface area contributed by atoms with Crippen LogP contribution in [0.25, 0.3) is 21.8 Å². The van der Waals surface area contributed by atoms with Gasteiger partial charge in [0.15, 0.2) is 0 Å². The highest BCUT2D eigenvalue weighted by atomic mass is 32.2. The molecule has 1 aliphatic heterocycles. The normalized spacial score (nSPS) is 15.5. The zero-order valence-electron chi connectivity index (χ0n) is 23.8. The minimum Gasteiger partial charge on any atom is -0.459 e. The number of benzene rings is 3. The predicted molar refractivity (Wildman–Crippen MR) is 169 cm³/mol. The molecule has 2 aromatic heterocycles. The Labute approximate surface area is 251 Å². The van der Waals surface area contributed by atoms with Crippen LogP contribution < -0.4 is 15.8 Å². The molecule has 1 fully saturated rings. The highest BCUT2D eigenvalue weighted by Gasteiger charge is 2.22. The molecule has 4 N–H and O–H groups in total. The van der Waals surface area contributed by atoms with Crippen molar-refractivity contribution in [1.82, 2.24) is 14.9 Å². The van der Waals surface area contributed by atoms with Crippen LogP contribution in [0.5, 0.6) is 0 Å². The molecule has 1 unspecified atom stereocenters. The van der Waals surface area contributed by atoms with Gasteiger partial charge in [-0.05, 0) is 71.6 Å². The lowest BCUT2D eigenvalue weighted by atomic mass is 10.0. The van der Waals surface area contributed by atoms with Crippen molar-refractivity contribution in [1.29, 1.82) is 0 Å². The largest absolute Gasteiger partial charge is 0.459 e. The molecule has 0 radical (unpaired) electrons. The van der Waals surface area contributed by atoms with E-state index in [2.05, 4.69) is 10.0 Å². The molecule has 10 heteroatoms. The van der Waals surface area contributed by atoms with Crippen molar-refractivity contribution in [3.63, 3.8) is 0 Å². The number of piperidine rings is 1. The number of hydrogen-bond donors (Lipinski definition) is 3. The topological polar surface area (TPSA) is 128 Å². The Bertz CT molecular complexity index is 1870. The summed E-state index contributed by atoms with van der Waals surface area (Å²) in [4.78, 5) is 18.3. The summed E-state index contributed by atoms with van der Waals surface area (Å²) in [7, 11) is -3.68. The highest BCUT2D eigenvalue weighted by molar-refractivity contribution is 7.91. The Morgan fingerprint density at radius 2 is 1.81 bits per heavy atom. The summed E-state index contributed by atoms with van der Waals surface area (Å²) in [6, 6.07) is 26.2. The van der Waals surface area contributed by atoms with Gasteiger partial charge < -0.3 is 20.4 Å². The number of anilines is 1. The SMILES string of the molecule is NCc1ccc2cc(C(=O)OCC3CCCCN3)n(Cc3cc(NS(=O)(=O)Cc4ccccc4)cc4ccccc34)c2n1. The van der Waals surface area contributed by atoms with Gasteiger partial charge in [0.25, 0.3) is 0 Å². The molecule has 1 saturated heterocycles.